The Bertz CT molecular complexity index is 103. The Labute approximate surface area is 54.9 Å². The second-order valence-corrected chi connectivity index (χ2v) is 2.25. The maximum atomic E-state index is 10.6. The third-order valence-corrected chi connectivity index (χ3v) is 1.49. The molecule has 0 bridgehead atoms. The van der Waals surface area contributed by atoms with E-state index in [9.17, 15) is 4.79 Å². The molecule has 9 heavy (non-hydrogen) atoms. The summed E-state index contributed by atoms with van der Waals surface area (Å²) >= 11 is 0. The Morgan fingerprint density at radius 1 is 1.78 bits per heavy atom. The first kappa shape index (κ1) is 8.59. The molecule has 0 aliphatic carbocycles. The summed E-state index contributed by atoms with van der Waals surface area (Å²) in [4.78, 5) is 10.6. The Hall–Kier alpha value is -0.410. The van der Waals surface area contributed by atoms with Crippen molar-refractivity contribution in [3.05, 3.63) is 0 Å². The third-order valence-electron chi connectivity index (χ3n) is 1.49. The fourth-order valence-corrected chi connectivity index (χ4v) is 0.460. The van der Waals surface area contributed by atoms with Crippen LogP contribution in [0.15, 0.2) is 0 Å². The molecule has 0 saturated heterocycles. The predicted octanol–water partition coefficient (Wildman–Crippen LogP) is -0.469. The summed E-state index contributed by atoms with van der Waals surface area (Å²) in [7, 11) is 0. The molecule has 3 heteroatoms. The van der Waals surface area contributed by atoms with Crippen LogP contribution in [-0.4, -0.2) is 23.5 Å². The number of carbonyl (C=O) groups is 1. The van der Waals surface area contributed by atoms with Crippen molar-refractivity contribution in [2.45, 2.75) is 19.9 Å². The SMILES string of the molecule is CC(=O)C(C)C(N)CO. The van der Waals surface area contributed by atoms with Gasteiger partial charge in [0, 0.05) is 12.0 Å². The molecule has 0 radical (unpaired) electrons. The van der Waals surface area contributed by atoms with Gasteiger partial charge >= 0.3 is 0 Å². The van der Waals surface area contributed by atoms with Gasteiger partial charge in [-0.2, -0.15) is 0 Å². The van der Waals surface area contributed by atoms with Crippen LogP contribution in [0.25, 0.3) is 0 Å². The maximum absolute atomic E-state index is 10.6. The second-order valence-electron chi connectivity index (χ2n) is 2.25. The van der Waals surface area contributed by atoms with Gasteiger partial charge in [-0.1, -0.05) is 6.92 Å². The molecule has 0 aromatic heterocycles. The van der Waals surface area contributed by atoms with Crippen LogP contribution in [0.2, 0.25) is 0 Å². The first-order valence-electron chi connectivity index (χ1n) is 2.96. The van der Waals surface area contributed by atoms with Crippen molar-refractivity contribution in [1.29, 1.82) is 0 Å². The molecular formula is C6H13NO2. The summed E-state index contributed by atoms with van der Waals surface area (Å²) in [6, 6.07) is -0.400. The molecule has 0 aliphatic heterocycles. The standard InChI is InChI=1S/C6H13NO2/c1-4(5(2)9)6(7)3-8/h4,6,8H,3,7H2,1-2H3. The third kappa shape index (κ3) is 2.58. The highest BCUT2D eigenvalue weighted by Crippen LogP contribution is 1.99. The number of aliphatic hydroxyl groups is 1. The molecule has 0 aromatic carbocycles. The zero-order valence-corrected chi connectivity index (χ0v) is 5.79. The fraction of sp³-hybridized carbons (Fsp3) is 0.833. The Kier molecular flexibility index (Phi) is 3.42. The van der Waals surface area contributed by atoms with Gasteiger partial charge < -0.3 is 10.8 Å². The summed E-state index contributed by atoms with van der Waals surface area (Å²) in [6.45, 7) is 3.06. The molecule has 0 aliphatic rings. The molecule has 0 fully saturated rings. The molecule has 0 saturated carbocycles. The lowest BCUT2D eigenvalue weighted by molar-refractivity contribution is -0.121. The number of Topliss-reactive ketones (excluding diaryl/α,β-unsaturated/α-hetero) is 1. The lowest BCUT2D eigenvalue weighted by Gasteiger charge is -2.12. The quantitative estimate of drug-likeness (QED) is 0.544. The number of rotatable bonds is 3. The Morgan fingerprint density at radius 2 is 2.22 bits per heavy atom. The van der Waals surface area contributed by atoms with Crippen molar-refractivity contribution < 1.29 is 9.90 Å². The number of hydrogen-bond donors (Lipinski definition) is 2. The highest BCUT2D eigenvalue weighted by atomic mass is 16.3. The summed E-state index contributed by atoms with van der Waals surface area (Å²) in [6.07, 6.45) is 0. The van der Waals surface area contributed by atoms with E-state index < -0.39 is 6.04 Å². The van der Waals surface area contributed by atoms with Gasteiger partial charge in [-0.15, -0.1) is 0 Å². The molecule has 0 aromatic rings. The highest BCUT2D eigenvalue weighted by Gasteiger charge is 2.14. The first-order chi connectivity index (χ1) is 4.09. The normalized spacial score (nSPS) is 16.9. The molecule has 54 valence electrons. The van der Waals surface area contributed by atoms with Crippen molar-refractivity contribution in [2.24, 2.45) is 11.7 Å². The van der Waals surface area contributed by atoms with Gasteiger partial charge in [-0.05, 0) is 6.92 Å². The van der Waals surface area contributed by atoms with Gasteiger partial charge in [0.2, 0.25) is 0 Å². The van der Waals surface area contributed by atoms with E-state index in [1.54, 1.807) is 6.92 Å². The Morgan fingerprint density at radius 3 is 2.33 bits per heavy atom. The van der Waals surface area contributed by atoms with Gasteiger partial charge in [0.05, 0.1) is 6.61 Å². The Balaban J connectivity index is 3.72. The zero-order valence-electron chi connectivity index (χ0n) is 5.79. The largest absolute Gasteiger partial charge is 0.395 e. The summed E-state index contributed by atoms with van der Waals surface area (Å²) in [5, 5.41) is 8.48. The van der Waals surface area contributed by atoms with Crippen LogP contribution in [-0.2, 0) is 4.79 Å². The second kappa shape index (κ2) is 3.58. The van der Waals surface area contributed by atoms with Gasteiger partial charge in [-0.25, -0.2) is 0 Å². The lowest BCUT2D eigenvalue weighted by atomic mass is 10.00. The van der Waals surface area contributed by atoms with E-state index in [1.807, 2.05) is 0 Å². The highest BCUT2D eigenvalue weighted by molar-refractivity contribution is 5.78. The minimum absolute atomic E-state index is 0.0246. The van der Waals surface area contributed by atoms with E-state index in [-0.39, 0.29) is 18.3 Å². The van der Waals surface area contributed by atoms with Crippen molar-refractivity contribution >= 4 is 5.78 Å². The molecule has 2 atom stereocenters. The number of aliphatic hydroxyl groups excluding tert-OH is 1. The topological polar surface area (TPSA) is 63.3 Å². The van der Waals surface area contributed by atoms with E-state index >= 15 is 0 Å². The van der Waals surface area contributed by atoms with Crippen LogP contribution >= 0.6 is 0 Å². The summed E-state index contributed by atoms with van der Waals surface area (Å²) < 4.78 is 0. The summed E-state index contributed by atoms with van der Waals surface area (Å²) in [5.74, 6) is -0.202. The maximum Gasteiger partial charge on any atom is 0.134 e. The van der Waals surface area contributed by atoms with Crippen molar-refractivity contribution in [1.82, 2.24) is 0 Å². The average Bonchev–Trinajstić information content (AvgIpc) is 1.84. The van der Waals surface area contributed by atoms with Crippen LogP contribution in [0, 0.1) is 5.92 Å². The number of ketones is 1. The van der Waals surface area contributed by atoms with Crippen molar-refractivity contribution in [3.63, 3.8) is 0 Å². The number of nitrogens with two attached hydrogens (primary N) is 1. The van der Waals surface area contributed by atoms with E-state index in [1.165, 1.54) is 6.92 Å². The molecule has 3 nitrogen and oxygen atoms in total. The van der Waals surface area contributed by atoms with Gasteiger partial charge in [0.25, 0.3) is 0 Å². The van der Waals surface area contributed by atoms with E-state index in [2.05, 4.69) is 0 Å². The molecule has 2 unspecified atom stereocenters. The molecule has 0 rings (SSSR count). The number of carbonyl (C=O) groups excluding carboxylic acids is 1. The fourth-order valence-electron chi connectivity index (χ4n) is 0.460. The summed E-state index contributed by atoms with van der Waals surface area (Å²) in [5.41, 5.74) is 5.35. The van der Waals surface area contributed by atoms with Gasteiger partial charge in [0.1, 0.15) is 5.78 Å². The first-order valence-corrected chi connectivity index (χ1v) is 2.96. The van der Waals surface area contributed by atoms with Gasteiger partial charge in [-0.3, -0.25) is 4.79 Å². The smallest absolute Gasteiger partial charge is 0.134 e. The average molecular weight is 131 g/mol. The van der Waals surface area contributed by atoms with Crippen LogP contribution in [0.3, 0.4) is 0 Å². The molecule has 3 N–H and O–H groups in total. The van der Waals surface area contributed by atoms with Crippen LogP contribution in [0.1, 0.15) is 13.8 Å². The van der Waals surface area contributed by atoms with Crippen LogP contribution in [0.4, 0.5) is 0 Å². The minimum Gasteiger partial charge on any atom is -0.395 e. The monoisotopic (exact) mass is 131 g/mol. The molecular weight excluding hydrogens is 118 g/mol. The van der Waals surface area contributed by atoms with E-state index in [4.69, 9.17) is 10.8 Å². The van der Waals surface area contributed by atoms with Crippen LogP contribution < -0.4 is 5.73 Å². The van der Waals surface area contributed by atoms with E-state index in [0.717, 1.165) is 0 Å². The molecule has 0 amide bonds. The molecule has 0 spiro atoms. The minimum atomic E-state index is -0.400. The van der Waals surface area contributed by atoms with E-state index in [0.29, 0.717) is 0 Å². The zero-order chi connectivity index (χ0) is 7.44. The lowest BCUT2D eigenvalue weighted by Crippen LogP contribution is -2.35. The molecule has 0 heterocycles. The number of hydrogen-bond acceptors (Lipinski definition) is 3. The van der Waals surface area contributed by atoms with Crippen molar-refractivity contribution in [3.8, 4) is 0 Å². The van der Waals surface area contributed by atoms with Crippen LogP contribution in [0.5, 0.6) is 0 Å². The predicted molar refractivity (Wildman–Crippen MR) is 34.9 cm³/mol. The van der Waals surface area contributed by atoms with Gasteiger partial charge in [0.15, 0.2) is 0 Å². The van der Waals surface area contributed by atoms with Crippen molar-refractivity contribution in [2.75, 3.05) is 6.61 Å².